The molecule has 23 heavy (non-hydrogen) atoms. The standard InChI is InChI=1S/C15H19N3O4S/c1-4-23(20,21)18-13-8-6-5-7-12(13)15(19)16-9-14-17-10(2)11(3)22-14/h5-8,18H,4,9H2,1-3H3,(H,16,19). The number of aryl methyl sites for hydroxylation is 2. The zero-order valence-electron chi connectivity index (χ0n) is 13.2. The Morgan fingerprint density at radius 2 is 1.96 bits per heavy atom. The number of aromatic nitrogens is 1. The van der Waals surface area contributed by atoms with Crippen LogP contribution in [0.2, 0.25) is 0 Å². The second-order valence-corrected chi connectivity index (χ2v) is 6.99. The van der Waals surface area contributed by atoms with Gasteiger partial charge in [0.25, 0.3) is 5.91 Å². The topological polar surface area (TPSA) is 101 Å². The molecule has 1 aromatic carbocycles. The molecule has 0 saturated heterocycles. The second-order valence-electron chi connectivity index (χ2n) is 4.98. The molecule has 0 aliphatic heterocycles. The number of carbonyl (C=O) groups is 1. The van der Waals surface area contributed by atoms with E-state index in [1.807, 2.05) is 6.92 Å². The van der Waals surface area contributed by atoms with Gasteiger partial charge in [-0.05, 0) is 32.9 Å². The van der Waals surface area contributed by atoms with Crippen molar-refractivity contribution in [1.29, 1.82) is 0 Å². The van der Waals surface area contributed by atoms with Crippen LogP contribution >= 0.6 is 0 Å². The molecule has 8 heteroatoms. The van der Waals surface area contributed by atoms with E-state index in [9.17, 15) is 13.2 Å². The van der Waals surface area contributed by atoms with E-state index in [0.717, 1.165) is 5.69 Å². The van der Waals surface area contributed by atoms with E-state index >= 15 is 0 Å². The Hall–Kier alpha value is -2.35. The van der Waals surface area contributed by atoms with E-state index in [0.29, 0.717) is 11.7 Å². The predicted molar refractivity (Wildman–Crippen MR) is 86.7 cm³/mol. The van der Waals surface area contributed by atoms with E-state index in [2.05, 4.69) is 15.0 Å². The van der Waals surface area contributed by atoms with Crippen molar-refractivity contribution in [3.8, 4) is 0 Å². The molecular formula is C15H19N3O4S. The number of hydrogen-bond donors (Lipinski definition) is 2. The number of oxazole rings is 1. The number of sulfonamides is 1. The normalized spacial score (nSPS) is 11.3. The molecule has 1 aromatic heterocycles. The van der Waals surface area contributed by atoms with E-state index in [1.54, 1.807) is 31.2 Å². The lowest BCUT2D eigenvalue weighted by atomic mass is 10.1. The highest BCUT2D eigenvalue weighted by atomic mass is 32.2. The first-order valence-corrected chi connectivity index (χ1v) is 8.78. The van der Waals surface area contributed by atoms with Gasteiger partial charge in [0.2, 0.25) is 15.9 Å². The lowest BCUT2D eigenvalue weighted by Gasteiger charge is -2.11. The number of amides is 1. The summed E-state index contributed by atoms with van der Waals surface area (Å²) in [7, 11) is -3.46. The highest BCUT2D eigenvalue weighted by molar-refractivity contribution is 7.92. The quantitative estimate of drug-likeness (QED) is 0.839. The van der Waals surface area contributed by atoms with E-state index in [-0.39, 0.29) is 23.5 Å². The summed E-state index contributed by atoms with van der Waals surface area (Å²) < 4.78 is 31.2. The van der Waals surface area contributed by atoms with Gasteiger partial charge in [0, 0.05) is 0 Å². The number of carbonyl (C=O) groups excluding carboxylic acids is 1. The maximum absolute atomic E-state index is 12.3. The number of nitrogens with zero attached hydrogens (tertiary/aromatic N) is 1. The minimum Gasteiger partial charge on any atom is -0.444 e. The molecule has 0 bridgehead atoms. The van der Waals surface area contributed by atoms with Crippen molar-refractivity contribution in [2.75, 3.05) is 10.5 Å². The highest BCUT2D eigenvalue weighted by Crippen LogP contribution is 2.17. The van der Waals surface area contributed by atoms with Gasteiger partial charge in [-0.3, -0.25) is 9.52 Å². The average Bonchev–Trinajstić information content (AvgIpc) is 2.83. The fourth-order valence-corrected chi connectivity index (χ4v) is 2.53. The van der Waals surface area contributed by atoms with Crippen molar-refractivity contribution < 1.29 is 17.6 Å². The summed E-state index contributed by atoms with van der Waals surface area (Å²) in [6.45, 7) is 5.27. The largest absolute Gasteiger partial charge is 0.444 e. The number of anilines is 1. The van der Waals surface area contributed by atoms with Crippen molar-refractivity contribution >= 4 is 21.6 Å². The Morgan fingerprint density at radius 3 is 2.57 bits per heavy atom. The molecule has 0 unspecified atom stereocenters. The Labute approximate surface area is 135 Å². The van der Waals surface area contributed by atoms with Crippen molar-refractivity contribution in [2.24, 2.45) is 0 Å². The molecule has 0 saturated carbocycles. The Balaban J connectivity index is 2.13. The Bertz CT molecular complexity index is 792. The molecular weight excluding hydrogens is 318 g/mol. The van der Waals surface area contributed by atoms with Gasteiger partial charge in [-0.15, -0.1) is 0 Å². The lowest BCUT2D eigenvalue weighted by molar-refractivity contribution is 0.0948. The SMILES string of the molecule is CCS(=O)(=O)Nc1ccccc1C(=O)NCc1nc(C)c(C)o1. The Morgan fingerprint density at radius 1 is 1.26 bits per heavy atom. The van der Waals surface area contributed by atoms with Gasteiger partial charge >= 0.3 is 0 Å². The minimum atomic E-state index is -3.46. The molecule has 1 amide bonds. The van der Waals surface area contributed by atoms with Crippen LogP contribution < -0.4 is 10.0 Å². The summed E-state index contributed by atoms with van der Waals surface area (Å²) >= 11 is 0. The molecule has 124 valence electrons. The molecule has 0 spiro atoms. The zero-order chi connectivity index (χ0) is 17.0. The molecule has 0 aliphatic rings. The van der Waals surface area contributed by atoms with Gasteiger partial charge in [0.05, 0.1) is 29.2 Å². The van der Waals surface area contributed by atoms with E-state index in [1.165, 1.54) is 6.92 Å². The number of benzene rings is 1. The van der Waals surface area contributed by atoms with Crippen LogP contribution in [-0.4, -0.2) is 25.1 Å². The highest BCUT2D eigenvalue weighted by Gasteiger charge is 2.16. The minimum absolute atomic E-state index is 0.0716. The first-order chi connectivity index (χ1) is 10.8. The summed E-state index contributed by atoms with van der Waals surface area (Å²) in [6.07, 6.45) is 0. The second kappa shape index (κ2) is 6.82. The monoisotopic (exact) mass is 337 g/mol. The molecule has 0 aliphatic carbocycles. The van der Waals surface area contributed by atoms with E-state index in [4.69, 9.17) is 4.42 Å². The molecule has 2 aromatic rings. The number of rotatable bonds is 6. The maximum Gasteiger partial charge on any atom is 0.253 e. The number of para-hydroxylation sites is 1. The summed E-state index contributed by atoms with van der Waals surface area (Å²) in [5.41, 5.74) is 1.25. The van der Waals surface area contributed by atoms with Crippen LogP contribution in [0.5, 0.6) is 0 Å². The third-order valence-corrected chi connectivity index (χ3v) is 4.58. The maximum atomic E-state index is 12.3. The van der Waals surface area contributed by atoms with Crippen LogP contribution in [0.3, 0.4) is 0 Å². The molecule has 1 heterocycles. The fourth-order valence-electron chi connectivity index (χ4n) is 1.88. The fraction of sp³-hybridized carbons (Fsp3) is 0.333. The number of hydrogen-bond acceptors (Lipinski definition) is 5. The van der Waals surface area contributed by atoms with E-state index < -0.39 is 15.9 Å². The number of nitrogens with one attached hydrogen (secondary N) is 2. The van der Waals surface area contributed by atoms with Gasteiger partial charge in [0.15, 0.2) is 0 Å². The molecule has 0 radical (unpaired) electrons. The first-order valence-electron chi connectivity index (χ1n) is 7.13. The van der Waals surface area contributed by atoms with Crippen molar-refractivity contribution in [1.82, 2.24) is 10.3 Å². The molecule has 2 rings (SSSR count). The lowest BCUT2D eigenvalue weighted by Crippen LogP contribution is -2.25. The van der Waals surface area contributed by atoms with Crippen LogP contribution in [0, 0.1) is 13.8 Å². The van der Waals surface area contributed by atoms with Gasteiger partial charge < -0.3 is 9.73 Å². The van der Waals surface area contributed by atoms with Crippen LogP contribution in [0.15, 0.2) is 28.7 Å². The molecule has 7 nitrogen and oxygen atoms in total. The van der Waals surface area contributed by atoms with Crippen molar-refractivity contribution in [2.45, 2.75) is 27.3 Å². The smallest absolute Gasteiger partial charge is 0.253 e. The average molecular weight is 337 g/mol. The predicted octanol–water partition coefficient (Wildman–Crippen LogP) is 1.98. The van der Waals surface area contributed by atoms with Gasteiger partial charge in [0.1, 0.15) is 5.76 Å². The van der Waals surface area contributed by atoms with Gasteiger partial charge in [-0.1, -0.05) is 12.1 Å². The van der Waals surface area contributed by atoms with Crippen molar-refractivity contribution in [3.63, 3.8) is 0 Å². The first kappa shape index (κ1) is 17.0. The summed E-state index contributed by atoms with van der Waals surface area (Å²) in [6, 6.07) is 6.42. The van der Waals surface area contributed by atoms with Crippen molar-refractivity contribution in [3.05, 3.63) is 47.2 Å². The van der Waals surface area contributed by atoms with Crippen LogP contribution in [0.1, 0.15) is 34.6 Å². The molecule has 0 fully saturated rings. The van der Waals surface area contributed by atoms with Crippen LogP contribution in [-0.2, 0) is 16.6 Å². The third-order valence-electron chi connectivity index (χ3n) is 3.29. The summed E-state index contributed by atoms with van der Waals surface area (Å²) in [5, 5.41) is 2.67. The summed E-state index contributed by atoms with van der Waals surface area (Å²) in [5.74, 6) is 0.621. The van der Waals surface area contributed by atoms with Crippen LogP contribution in [0.4, 0.5) is 5.69 Å². The van der Waals surface area contributed by atoms with Gasteiger partial charge in [-0.2, -0.15) is 0 Å². The van der Waals surface area contributed by atoms with Crippen LogP contribution in [0.25, 0.3) is 0 Å². The third kappa shape index (κ3) is 4.32. The summed E-state index contributed by atoms with van der Waals surface area (Å²) in [4.78, 5) is 16.5. The van der Waals surface area contributed by atoms with Gasteiger partial charge in [-0.25, -0.2) is 13.4 Å². The zero-order valence-corrected chi connectivity index (χ0v) is 14.0. The molecule has 0 atom stereocenters. The molecule has 2 N–H and O–H groups in total. The Kier molecular flexibility index (Phi) is 5.05.